The first-order valence-electron chi connectivity index (χ1n) is 7.83. The summed E-state index contributed by atoms with van der Waals surface area (Å²) in [4.78, 5) is 12.6. The lowest BCUT2D eigenvalue weighted by Gasteiger charge is -2.25. The maximum absolute atomic E-state index is 12.6. The summed E-state index contributed by atoms with van der Waals surface area (Å²) >= 11 is 0. The van der Waals surface area contributed by atoms with Gasteiger partial charge in [-0.3, -0.25) is 4.79 Å². The summed E-state index contributed by atoms with van der Waals surface area (Å²) in [5.41, 5.74) is 5.41. The van der Waals surface area contributed by atoms with Crippen LogP contribution in [0.1, 0.15) is 52.2 Å². The van der Waals surface area contributed by atoms with Gasteiger partial charge in [0.1, 0.15) is 0 Å². The van der Waals surface area contributed by atoms with E-state index in [9.17, 15) is 4.79 Å². The van der Waals surface area contributed by atoms with Gasteiger partial charge in [-0.15, -0.1) is 0 Å². The molecule has 0 amide bonds. The van der Waals surface area contributed by atoms with Gasteiger partial charge < -0.3 is 5.32 Å². The molecule has 0 spiro atoms. The van der Waals surface area contributed by atoms with Gasteiger partial charge in [0, 0.05) is 23.4 Å². The third-order valence-corrected chi connectivity index (χ3v) is 4.83. The molecule has 0 radical (unpaired) electrons. The molecule has 1 fully saturated rings. The van der Waals surface area contributed by atoms with Crippen LogP contribution >= 0.6 is 0 Å². The topological polar surface area (TPSA) is 29.1 Å². The lowest BCUT2D eigenvalue weighted by Crippen LogP contribution is -2.09. The highest BCUT2D eigenvalue weighted by Crippen LogP contribution is 2.36. The Hall–Kier alpha value is -2.09. The van der Waals surface area contributed by atoms with E-state index < -0.39 is 0 Å². The number of fused-ring (bicyclic) bond motifs is 1. The van der Waals surface area contributed by atoms with E-state index in [0.717, 1.165) is 30.0 Å². The Morgan fingerprint density at radius 3 is 2.48 bits per heavy atom. The Kier molecular flexibility index (Phi) is 3.03. The molecule has 21 heavy (non-hydrogen) atoms. The molecule has 2 aromatic rings. The highest BCUT2D eigenvalue weighted by Gasteiger charge is 2.20. The molecular formula is C19H19NO. The van der Waals surface area contributed by atoms with Crippen molar-refractivity contribution >= 4 is 11.5 Å². The number of rotatable bonds is 3. The Labute approximate surface area is 125 Å². The van der Waals surface area contributed by atoms with Crippen molar-refractivity contribution in [1.29, 1.82) is 0 Å². The molecule has 0 unspecified atom stereocenters. The summed E-state index contributed by atoms with van der Waals surface area (Å²) in [6.45, 7) is 0.975. The summed E-state index contributed by atoms with van der Waals surface area (Å²) in [7, 11) is 0. The zero-order chi connectivity index (χ0) is 14.2. The zero-order valence-electron chi connectivity index (χ0n) is 12.1. The maximum atomic E-state index is 12.6. The number of carbonyl (C=O) groups excluding carboxylic acids is 1. The van der Waals surface area contributed by atoms with Gasteiger partial charge in [0.25, 0.3) is 0 Å². The van der Waals surface area contributed by atoms with Crippen LogP contribution in [-0.4, -0.2) is 12.3 Å². The highest BCUT2D eigenvalue weighted by molar-refractivity contribution is 6.09. The third-order valence-electron chi connectivity index (χ3n) is 4.83. The van der Waals surface area contributed by atoms with Gasteiger partial charge in [0.2, 0.25) is 0 Å². The largest absolute Gasteiger partial charge is 0.384 e. The molecule has 1 heterocycles. The molecule has 0 saturated heterocycles. The number of nitrogens with one attached hydrogen (secondary N) is 1. The molecule has 106 valence electrons. The van der Waals surface area contributed by atoms with Crippen LogP contribution < -0.4 is 5.32 Å². The van der Waals surface area contributed by atoms with Crippen molar-refractivity contribution in [3.05, 3.63) is 64.7 Å². The molecule has 0 bridgehead atoms. The Morgan fingerprint density at radius 2 is 1.76 bits per heavy atom. The van der Waals surface area contributed by atoms with Gasteiger partial charge in [-0.05, 0) is 54.5 Å². The summed E-state index contributed by atoms with van der Waals surface area (Å²) < 4.78 is 0. The highest BCUT2D eigenvalue weighted by atomic mass is 16.1. The second-order valence-electron chi connectivity index (χ2n) is 6.13. The molecule has 2 aliphatic rings. The minimum absolute atomic E-state index is 0.129. The van der Waals surface area contributed by atoms with Crippen molar-refractivity contribution in [2.45, 2.75) is 31.6 Å². The fraction of sp³-hybridized carbons (Fsp3) is 0.316. The van der Waals surface area contributed by atoms with E-state index in [0.29, 0.717) is 0 Å². The fourth-order valence-corrected chi connectivity index (χ4v) is 3.26. The van der Waals surface area contributed by atoms with Crippen LogP contribution in [0.4, 0.5) is 5.69 Å². The van der Waals surface area contributed by atoms with E-state index in [1.807, 2.05) is 30.3 Å². The van der Waals surface area contributed by atoms with Crippen LogP contribution in [0.5, 0.6) is 0 Å². The van der Waals surface area contributed by atoms with Gasteiger partial charge in [-0.25, -0.2) is 0 Å². The van der Waals surface area contributed by atoms with E-state index in [2.05, 4.69) is 17.4 Å². The first-order valence-corrected chi connectivity index (χ1v) is 7.83. The van der Waals surface area contributed by atoms with Crippen LogP contribution in [0.15, 0.2) is 42.5 Å². The molecule has 2 aromatic carbocycles. The van der Waals surface area contributed by atoms with Crippen LogP contribution in [-0.2, 0) is 6.42 Å². The average molecular weight is 277 g/mol. The summed E-state index contributed by atoms with van der Waals surface area (Å²) in [6.07, 6.45) is 4.95. The number of carbonyl (C=O) groups is 1. The van der Waals surface area contributed by atoms with Crippen LogP contribution in [0.2, 0.25) is 0 Å². The average Bonchev–Trinajstić information content (AvgIpc) is 2.93. The van der Waals surface area contributed by atoms with Crippen LogP contribution in [0.3, 0.4) is 0 Å². The Balaban J connectivity index is 1.59. The molecule has 1 aliphatic carbocycles. The minimum atomic E-state index is 0.129. The second-order valence-corrected chi connectivity index (χ2v) is 6.13. The van der Waals surface area contributed by atoms with Crippen LogP contribution in [0.25, 0.3) is 0 Å². The minimum Gasteiger partial charge on any atom is -0.384 e. The first-order chi connectivity index (χ1) is 10.3. The second kappa shape index (κ2) is 5.03. The predicted molar refractivity (Wildman–Crippen MR) is 85.1 cm³/mol. The summed E-state index contributed by atoms with van der Waals surface area (Å²) in [5, 5.41) is 3.33. The molecule has 2 heteroatoms. The third kappa shape index (κ3) is 2.25. The molecule has 0 aromatic heterocycles. The zero-order valence-corrected chi connectivity index (χ0v) is 12.1. The van der Waals surface area contributed by atoms with Crippen LogP contribution in [0, 0.1) is 0 Å². The lowest BCUT2D eigenvalue weighted by atomic mass is 9.80. The quantitative estimate of drug-likeness (QED) is 0.854. The molecule has 1 saturated carbocycles. The first kappa shape index (κ1) is 12.6. The number of hydrogen-bond donors (Lipinski definition) is 1. The number of benzene rings is 2. The van der Waals surface area contributed by atoms with E-state index in [4.69, 9.17) is 0 Å². The van der Waals surface area contributed by atoms with Crippen molar-refractivity contribution in [1.82, 2.24) is 0 Å². The normalized spacial score (nSPS) is 17.0. The number of anilines is 1. The SMILES string of the molecule is O=C(c1ccc(C2CCC2)cc1)c1ccc2c(c1)CCN2. The van der Waals surface area contributed by atoms with Crippen molar-refractivity contribution in [3.63, 3.8) is 0 Å². The Morgan fingerprint density at radius 1 is 1.00 bits per heavy atom. The molecular weight excluding hydrogens is 258 g/mol. The standard InChI is InChI=1S/C19H19NO/c21-19(17-8-9-18-16(12-17)10-11-20-18)15-6-4-14(5-7-15)13-2-1-3-13/h4-9,12-13,20H,1-3,10-11H2. The molecule has 4 rings (SSSR count). The lowest BCUT2D eigenvalue weighted by molar-refractivity contribution is 0.103. The monoisotopic (exact) mass is 277 g/mol. The molecule has 0 atom stereocenters. The van der Waals surface area contributed by atoms with Gasteiger partial charge >= 0.3 is 0 Å². The summed E-state index contributed by atoms with van der Waals surface area (Å²) in [5.74, 6) is 0.852. The fourth-order valence-electron chi connectivity index (χ4n) is 3.26. The Bertz CT molecular complexity index is 683. The van der Waals surface area contributed by atoms with E-state index in [1.54, 1.807) is 0 Å². The molecule has 2 nitrogen and oxygen atoms in total. The van der Waals surface area contributed by atoms with E-state index in [1.165, 1.54) is 36.1 Å². The van der Waals surface area contributed by atoms with Gasteiger partial charge in [-0.2, -0.15) is 0 Å². The maximum Gasteiger partial charge on any atom is 0.193 e. The van der Waals surface area contributed by atoms with Crippen molar-refractivity contribution < 1.29 is 4.79 Å². The van der Waals surface area contributed by atoms with Gasteiger partial charge in [0.15, 0.2) is 5.78 Å². The van der Waals surface area contributed by atoms with E-state index >= 15 is 0 Å². The van der Waals surface area contributed by atoms with Gasteiger partial charge in [0.05, 0.1) is 0 Å². The number of hydrogen-bond acceptors (Lipinski definition) is 2. The van der Waals surface area contributed by atoms with Crippen molar-refractivity contribution in [2.75, 3.05) is 11.9 Å². The smallest absolute Gasteiger partial charge is 0.193 e. The predicted octanol–water partition coefficient (Wildman–Crippen LogP) is 4.15. The van der Waals surface area contributed by atoms with Gasteiger partial charge in [-0.1, -0.05) is 30.7 Å². The number of ketones is 1. The summed E-state index contributed by atoms with van der Waals surface area (Å²) in [6, 6.07) is 14.2. The van der Waals surface area contributed by atoms with E-state index in [-0.39, 0.29) is 5.78 Å². The molecule has 1 aliphatic heterocycles. The molecule has 1 N–H and O–H groups in total. The van der Waals surface area contributed by atoms with Crippen molar-refractivity contribution in [2.24, 2.45) is 0 Å². The van der Waals surface area contributed by atoms with Crippen molar-refractivity contribution in [3.8, 4) is 0 Å².